The quantitative estimate of drug-likeness (QED) is 0.466. The Kier molecular flexibility index (Phi) is 3.29. The number of nitrogens with zero attached hydrogens (tertiary/aromatic N) is 2. The minimum absolute atomic E-state index is 0.0553. The van der Waals surface area contributed by atoms with E-state index in [1.54, 1.807) is 18.2 Å². The van der Waals surface area contributed by atoms with E-state index in [0.717, 1.165) is 14.9 Å². The number of anilines is 1. The van der Waals surface area contributed by atoms with Crippen LogP contribution in [-0.4, -0.2) is 16.7 Å². The maximum absolute atomic E-state index is 12.5. The average Bonchev–Trinajstić information content (AvgIpc) is 2.74. The summed E-state index contributed by atoms with van der Waals surface area (Å²) >= 11 is 3.35. The Morgan fingerprint density at radius 1 is 1.14 bits per heavy atom. The van der Waals surface area contributed by atoms with Gasteiger partial charge < -0.3 is 0 Å². The lowest BCUT2D eigenvalue weighted by Crippen LogP contribution is -2.29. The maximum atomic E-state index is 12.5. The Labute approximate surface area is 133 Å². The van der Waals surface area contributed by atoms with Crippen molar-refractivity contribution in [3.05, 3.63) is 67.7 Å². The summed E-state index contributed by atoms with van der Waals surface area (Å²) in [5.74, 6) is -1.22. The largest absolute Gasteiger partial charge is 0.283 e. The summed E-state index contributed by atoms with van der Waals surface area (Å²) in [6.45, 7) is 1.83. The van der Waals surface area contributed by atoms with Crippen LogP contribution in [0.25, 0.3) is 0 Å². The molecule has 3 rings (SSSR count). The third-order valence-electron chi connectivity index (χ3n) is 3.49. The van der Waals surface area contributed by atoms with Gasteiger partial charge in [-0.1, -0.05) is 22.0 Å². The topological polar surface area (TPSA) is 80.5 Å². The van der Waals surface area contributed by atoms with Gasteiger partial charge in [0.2, 0.25) is 0 Å². The molecule has 7 heteroatoms. The first-order chi connectivity index (χ1) is 10.4. The molecule has 2 amide bonds. The van der Waals surface area contributed by atoms with Gasteiger partial charge in [0.15, 0.2) is 0 Å². The summed E-state index contributed by atoms with van der Waals surface area (Å²) in [5.41, 5.74) is 0.787. The number of benzene rings is 2. The number of halogens is 1. The summed E-state index contributed by atoms with van der Waals surface area (Å²) in [4.78, 5) is 36.4. The van der Waals surface area contributed by atoms with Gasteiger partial charge in [-0.05, 0) is 36.8 Å². The Morgan fingerprint density at radius 2 is 1.86 bits per heavy atom. The third-order valence-corrected chi connectivity index (χ3v) is 4.38. The fraction of sp³-hybridized carbons (Fsp3) is 0.0667. The number of aryl methyl sites for hydroxylation is 1. The minimum atomic E-state index is -0.672. The second kappa shape index (κ2) is 5.03. The van der Waals surface area contributed by atoms with Crippen molar-refractivity contribution in [2.75, 3.05) is 4.90 Å². The van der Waals surface area contributed by atoms with Crippen LogP contribution in [0.4, 0.5) is 11.4 Å². The number of amides is 2. The molecular formula is C15H9BrN2O4. The second-order valence-corrected chi connectivity index (χ2v) is 5.69. The van der Waals surface area contributed by atoms with Crippen LogP contribution < -0.4 is 4.90 Å². The fourth-order valence-corrected chi connectivity index (χ4v) is 2.67. The van der Waals surface area contributed by atoms with Gasteiger partial charge in [0.1, 0.15) is 5.56 Å². The van der Waals surface area contributed by atoms with Gasteiger partial charge >= 0.3 is 0 Å². The molecule has 22 heavy (non-hydrogen) atoms. The van der Waals surface area contributed by atoms with Crippen LogP contribution in [0, 0.1) is 17.0 Å². The van der Waals surface area contributed by atoms with Crippen molar-refractivity contribution in [3.8, 4) is 0 Å². The zero-order valence-corrected chi connectivity index (χ0v) is 13.0. The molecule has 0 saturated carbocycles. The molecule has 0 radical (unpaired) electrons. The van der Waals surface area contributed by atoms with E-state index in [9.17, 15) is 19.7 Å². The second-order valence-electron chi connectivity index (χ2n) is 4.84. The molecule has 2 aromatic rings. The van der Waals surface area contributed by atoms with E-state index < -0.39 is 16.7 Å². The Balaban J connectivity index is 2.16. The normalized spacial score (nSPS) is 13.5. The van der Waals surface area contributed by atoms with E-state index in [4.69, 9.17) is 0 Å². The number of rotatable bonds is 2. The molecule has 0 bridgehead atoms. The van der Waals surface area contributed by atoms with E-state index in [1.807, 2.05) is 6.92 Å². The van der Waals surface area contributed by atoms with Crippen LogP contribution in [0.15, 0.2) is 40.9 Å². The van der Waals surface area contributed by atoms with Crippen LogP contribution in [0.2, 0.25) is 0 Å². The van der Waals surface area contributed by atoms with Crippen molar-refractivity contribution in [1.29, 1.82) is 0 Å². The number of carbonyl (C=O) groups excluding carboxylic acids is 2. The highest BCUT2D eigenvalue weighted by Crippen LogP contribution is 2.34. The van der Waals surface area contributed by atoms with Crippen LogP contribution in [-0.2, 0) is 0 Å². The zero-order valence-electron chi connectivity index (χ0n) is 11.4. The lowest BCUT2D eigenvalue weighted by atomic mass is 10.1. The van der Waals surface area contributed by atoms with Crippen molar-refractivity contribution in [1.82, 2.24) is 0 Å². The molecule has 1 heterocycles. The predicted molar refractivity (Wildman–Crippen MR) is 83.1 cm³/mol. The number of nitro groups is 1. The molecule has 0 spiro atoms. The highest BCUT2D eigenvalue weighted by Gasteiger charge is 2.41. The SMILES string of the molecule is Cc1cc(N2C(=O)c3cccc([N+](=O)[O-])c3C2=O)ccc1Br. The molecule has 0 atom stereocenters. The van der Waals surface area contributed by atoms with Crippen molar-refractivity contribution in [3.63, 3.8) is 0 Å². The average molecular weight is 361 g/mol. The first-order valence-electron chi connectivity index (χ1n) is 6.34. The molecule has 0 aliphatic carbocycles. The molecule has 6 nitrogen and oxygen atoms in total. The summed E-state index contributed by atoms with van der Waals surface area (Å²) in [5, 5.41) is 11.1. The van der Waals surface area contributed by atoms with Crippen molar-refractivity contribution < 1.29 is 14.5 Å². The van der Waals surface area contributed by atoms with Gasteiger partial charge in [0.05, 0.1) is 16.2 Å². The van der Waals surface area contributed by atoms with E-state index in [-0.39, 0.29) is 16.8 Å². The molecule has 0 saturated heterocycles. The van der Waals surface area contributed by atoms with Crippen molar-refractivity contribution in [2.45, 2.75) is 6.92 Å². The molecule has 1 aliphatic heterocycles. The summed E-state index contributed by atoms with van der Waals surface area (Å²) in [6.07, 6.45) is 0. The standard InChI is InChI=1S/C15H9BrN2O4/c1-8-7-9(5-6-11(8)16)17-14(19)10-3-2-4-12(18(21)22)13(10)15(17)20/h2-7H,1H3. The Bertz CT molecular complexity index is 847. The fourth-order valence-electron chi connectivity index (χ4n) is 2.42. The van der Waals surface area contributed by atoms with Gasteiger partial charge in [-0.15, -0.1) is 0 Å². The number of fused-ring (bicyclic) bond motifs is 1. The molecule has 110 valence electrons. The van der Waals surface area contributed by atoms with Crippen molar-refractivity contribution in [2.24, 2.45) is 0 Å². The smallest absolute Gasteiger partial charge is 0.268 e. The van der Waals surface area contributed by atoms with Crippen LogP contribution in [0.3, 0.4) is 0 Å². The first kappa shape index (κ1) is 14.4. The number of carbonyl (C=O) groups is 2. The lowest BCUT2D eigenvalue weighted by Gasteiger charge is -2.14. The van der Waals surface area contributed by atoms with Crippen molar-refractivity contribution >= 4 is 39.1 Å². The molecule has 0 fully saturated rings. The number of hydrogen-bond donors (Lipinski definition) is 0. The number of imide groups is 1. The summed E-state index contributed by atoms with van der Waals surface area (Å²) in [6, 6.07) is 9.07. The van der Waals surface area contributed by atoms with Gasteiger partial charge in [-0.3, -0.25) is 19.7 Å². The molecule has 0 unspecified atom stereocenters. The molecule has 2 aromatic carbocycles. The maximum Gasteiger partial charge on any atom is 0.283 e. The van der Waals surface area contributed by atoms with Gasteiger partial charge in [-0.2, -0.15) is 0 Å². The van der Waals surface area contributed by atoms with Gasteiger partial charge in [0.25, 0.3) is 17.5 Å². The van der Waals surface area contributed by atoms with E-state index in [2.05, 4.69) is 15.9 Å². The number of nitro benzene ring substituents is 1. The van der Waals surface area contributed by atoms with Crippen LogP contribution in [0.5, 0.6) is 0 Å². The highest BCUT2D eigenvalue weighted by molar-refractivity contribution is 9.10. The summed E-state index contributed by atoms with van der Waals surface area (Å²) in [7, 11) is 0. The van der Waals surface area contributed by atoms with Gasteiger partial charge in [-0.25, -0.2) is 4.90 Å². The van der Waals surface area contributed by atoms with E-state index >= 15 is 0 Å². The Morgan fingerprint density at radius 3 is 2.50 bits per heavy atom. The monoisotopic (exact) mass is 360 g/mol. The van der Waals surface area contributed by atoms with E-state index in [1.165, 1.54) is 18.2 Å². The number of hydrogen-bond acceptors (Lipinski definition) is 4. The predicted octanol–water partition coefficient (Wildman–Crippen LogP) is 3.47. The molecule has 1 aliphatic rings. The first-order valence-corrected chi connectivity index (χ1v) is 7.13. The summed E-state index contributed by atoms with van der Waals surface area (Å²) < 4.78 is 0.846. The van der Waals surface area contributed by atoms with Crippen LogP contribution in [0.1, 0.15) is 26.3 Å². The molecule has 0 aromatic heterocycles. The third kappa shape index (κ3) is 2.01. The highest BCUT2D eigenvalue weighted by atomic mass is 79.9. The van der Waals surface area contributed by atoms with E-state index in [0.29, 0.717) is 5.69 Å². The Hall–Kier alpha value is -2.54. The van der Waals surface area contributed by atoms with Gasteiger partial charge in [0, 0.05) is 10.5 Å². The minimum Gasteiger partial charge on any atom is -0.268 e. The van der Waals surface area contributed by atoms with Crippen LogP contribution >= 0.6 is 15.9 Å². The zero-order chi connectivity index (χ0) is 16.0. The molecular weight excluding hydrogens is 352 g/mol. The molecule has 0 N–H and O–H groups in total. The lowest BCUT2D eigenvalue weighted by molar-refractivity contribution is -0.385.